The molecular formula is C9H8N2O2S. The second-order valence-corrected chi connectivity index (χ2v) is 3.08. The van der Waals surface area contributed by atoms with Gasteiger partial charge in [-0.2, -0.15) is 0 Å². The molecule has 1 N–H and O–H groups in total. The molecule has 1 amide bonds. The molecule has 0 spiro atoms. The molecule has 0 fully saturated rings. The van der Waals surface area contributed by atoms with E-state index in [2.05, 4.69) is 5.32 Å². The fourth-order valence-electron chi connectivity index (χ4n) is 1.27. The first kappa shape index (κ1) is 8.96. The quantitative estimate of drug-likeness (QED) is 0.675. The molecule has 0 aliphatic heterocycles. The highest BCUT2D eigenvalue weighted by atomic mass is 32.1. The third-order valence-corrected chi connectivity index (χ3v) is 2.17. The maximum absolute atomic E-state index is 11.4. The van der Waals surface area contributed by atoms with Gasteiger partial charge in [-0.15, -0.1) is 0 Å². The molecule has 1 aromatic carbocycles. The van der Waals surface area contributed by atoms with Gasteiger partial charge in [0.1, 0.15) is 0 Å². The van der Waals surface area contributed by atoms with Crippen LogP contribution < -0.4 is 5.32 Å². The van der Waals surface area contributed by atoms with Gasteiger partial charge in [-0.1, -0.05) is 12.1 Å². The van der Waals surface area contributed by atoms with Gasteiger partial charge in [-0.25, -0.2) is 9.36 Å². The largest absolute Gasteiger partial charge is 0.429 e. The maximum Gasteiger partial charge on any atom is 0.329 e. The highest BCUT2D eigenvalue weighted by Crippen LogP contribution is 2.16. The average Bonchev–Trinajstić information content (AvgIpc) is 2.53. The van der Waals surface area contributed by atoms with E-state index in [1.807, 2.05) is 12.1 Å². The Balaban J connectivity index is 2.81. The summed E-state index contributed by atoms with van der Waals surface area (Å²) in [6.45, 7) is 0. The Morgan fingerprint density at radius 3 is 2.93 bits per heavy atom. The van der Waals surface area contributed by atoms with Gasteiger partial charge < -0.3 is 9.73 Å². The van der Waals surface area contributed by atoms with Crippen molar-refractivity contribution in [3.05, 3.63) is 29.1 Å². The van der Waals surface area contributed by atoms with E-state index in [0.29, 0.717) is 11.1 Å². The van der Waals surface area contributed by atoms with Gasteiger partial charge in [0.05, 0.1) is 5.52 Å². The first-order chi connectivity index (χ1) is 6.74. The number of amides is 1. The minimum Gasteiger partial charge on any atom is -0.429 e. The van der Waals surface area contributed by atoms with Crippen LogP contribution in [-0.4, -0.2) is 17.6 Å². The van der Waals surface area contributed by atoms with E-state index in [9.17, 15) is 4.79 Å². The van der Waals surface area contributed by atoms with Crippen molar-refractivity contribution in [2.45, 2.75) is 0 Å². The summed E-state index contributed by atoms with van der Waals surface area (Å²) in [6.07, 6.45) is 0. The van der Waals surface area contributed by atoms with Gasteiger partial charge >= 0.3 is 6.03 Å². The highest BCUT2D eigenvalue weighted by molar-refractivity contribution is 7.71. The maximum atomic E-state index is 11.4. The van der Waals surface area contributed by atoms with Gasteiger partial charge in [-0.3, -0.25) is 0 Å². The molecule has 0 unspecified atom stereocenters. The zero-order chi connectivity index (χ0) is 10.1. The standard InChI is InChI=1S/C9H8N2O2S/c1-10-8(12)11-6-4-2-3-5-7(6)13-9(11)14/h2-5H,1H3,(H,10,12). The van der Waals surface area contributed by atoms with Crippen LogP contribution in [0.5, 0.6) is 0 Å². The van der Waals surface area contributed by atoms with Crippen molar-refractivity contribution in [1.82, 2.24) is 9.88 Å². The van der Waals surface area contributed by atoms with Crippen LogP contribution in [0.25, 0.3) is 11.1 Å². The molecule has 4 nitrogen and oxygen atoms in total. The van der Waals surface area contributed by atoms with E-state index < -0.39 is 0 Å². The topological polar surface area (TPSA) is 47.2 Å². The van der Waals surface area contributed by atoms with Crippen molar-refractivity contribution in [2.24, 2.45) is 0 Å². The number of hydrogen-bond acceptors (Lipinski definition) is 3. The van der Waals surface area contributed by atoms with Gasteiger partial charge in [0.25, 0.3) is 4.84 Å². The predicted octanol–water partition coefficient (Wildman–Crippen LogP) is 2.15. The number of carbonyl (C=O) groups excluding carboxylic acids is 1. The highest BCUT2D eigenvalue weighted by Gasteiger charge is 2.10. The lowest BCUT2D eigenvalue weighted by atomic mass is 10.3. The summed E-state index contributed by atoms with van der Waals surface area (Å²) in [4.78, 5) is 11.6. The van der Waals surface area contributed by atoms with E-state index in [-0.39, 0.29) is 10.9 Å². The van der Waals surface area contributed by atoms with E-state index in [1.54, 1.807) is 19.2 Å². The minimum atomic E-state index is -0.292. The summed E-state index contributed by atoms with van der Waals surface area (Å²) in [6, 6.07) is 6.91. The summed E-state index contributed by atoms with van der Waals surface area (Å²) in [5.41, 5.74) is 1.29. The lowest BCUT2D eigenvalue weighted by molar-refractivity contribution is 0.244. The Hall–Kier alpha value is -1.62. The van der Waals surface area contributed by atoms with Crippen LogP contribution in [-0.2, 0) is 0 Å². The molecule has 0 radical (unpaired) electrons. The van der Waals surface area contributed by atoms with E-state index in [4.69, 9.17) is 16.6 Å². The van der Waals surface area contributed by atoms with Crippen LogP contribution in [0.1, 0.15) is 0 Å². The number of hydrogen-bond donors (Lipinski definition) is 1. The molecule has 5 heteroatoms. The smallest absolute Gasteiger partial charge is 0.329 e. The van der Waals surface area contributed by atoms with Crippen molar-refractivity contribution >= 4 is 29.3 Å². The normalized spacial score (nSPS) is 10.4. The second-order valence-electron chi connectivity index (χ2n) is 2.73. The Labute approximate surface area is 85.1 Å². The molecule has 72 valence electrons. The van der Waals surface area contributed by atoms with Crippen molar-refractivity contribution in [3.8, 4) is 0 Å². The molecule has 2 aromatic rings. The van der Waals surface area contributed by atoms with Gasteiger partial charge in [0, 0.05) is 7.05 Å². The molecule has 0 aliphatic carbocycles. The molecule has 0 atom stereocenters. The van der Waals surface area contributed by atoms with E-state index >= 15 is 0 Å². The molecule has 2 rings (SSSR count). The van der Waals surface area contributed by atoms with Crippen molar-refractivity contribution in [3.63, 3.8) is 0 Å². The molecule has 0 saturated carbocycles. The van der Waals surface area contributed by atoms with Crippen LogP contribution in [0.4, 0.5) is 4.79 Å². The number of nitrogens with zero attached hydrogens (tertiary/aromatic N) is 1. The number of carbonyl (C=O) groups is 1. The summed E-state index contributed by atoms with van der Waals surface area (Å²) >= 11 is 4.93. The molecule has 1 aromatic heterocycles. The predicted molar refractivity (Wildman–Crippen MR) is 54.9 cm³/mol. The summed E-state index contributed by atoms with van der Waals surface area (Å²) in [5.74, 6) is 0. The fourth-order valence-corrected chi connectivity index (χ4v) is 1.54. The molecule has 0 saturated heterocycles. The second kappa shape index (κ2) is 3.26. The summed E-state index contributed by atoms with van der Waals surface area (Å²) < 4.78 is 6.56. The Kier molecular flexibility index (Phi) is 2.09. The van der Waals surface area contributed by atoms with Crippen LogP contribution in [0.15, 0.2) is 28.7 Å². The summed E-state index contributed by atoms with van der Waals surface area (Å²) in [7, 11) is 1.55. The van der Waals surface area contributed by atoms with Crippen LogP contribution in [0.3, 0.4) is 0 Å². The lowest BCUT2D eigenvalue weighted by Crippen LogP contribution is -2.24. The average molecular weight is 208 g/mol. The van der Waals surface area contributed by atoms with E-state index in [0.717, 1.165) is 0 Å². The van der Waals surface area contributed by atoms with E-state index in [1.165, 1.54) is 4.57 Å². The van der Waals surface area contributed by atoms with Gasteiger partial charge in [-0.05, 0) is 24.4 Å². The number of para-hydroxylation sites is 2. The number of aromatic nitrogens is 1. The molecule has 1 heterocycles. The fraction of sp³-hybridized carbons (Fsp3) is 0.111. The van der Waals surface area contributed by atoms with Crippen LogP contribution in [0, 0.1) is 4.84 Å². The first-order valence-electron chi connectivity index (χ1n) is 4.06. The SMILES string of the molecule is CNC(=O)n1c(=S)oc2ccccc21. The molecular weight excluding hydrogens is 200 g/mol. The summed E-state index contributed by atoms with van der Waals surface area (Å²) in [5, 5.41) is 2.50. The zero-order valence-corrected chi connectivity index (χ0v) is 8.30. The molecule has 14 heavy (non-hydrogen) atoms. The zero-order valence-electron chi connectivity index (χ0n) is 7.48. The molecule has 0 bridgehead atoms. The molecule has 0 aliphatic rings. The number of fused-ring (bicyclic) bond motifs is 1. The minimum absolute atomic E-state index is 0.158. The lowest BCUT2D eigenvalue weighted by Gasteiger charge is -1.98. The number of benzene rings is 1. The van der Waals surface area contributed by atoms with Crippen molar-refractivity contribution in [1.29, 1.82) is 0 Å². The monoisotopic (exact) mass is 208 g/mol. The number of nitrogens with one attached hydrogen (secondary N) is 1. The number of oxazole rings is 1. The Morgan fingerprint density at radius 1 is 1.50 bits per heavy atom. The Bertz CT molecular complexity index is 541. The van der Waals surface area contributed by atoms with Crippen molar-refractivity contribution < 1.29 is 9.21 Å². The van der Waals surface area contributed by atoms with Crippen LogP contribution >= 0.6 is 12.2 Å². The number of rotatable bonds is 0. The third-order valence-electron chi connectivity index (χ3n) is 1.90. The van der Waals surface area contributed by atoms with Crippen LogP contribution in [0.2, 0.25) is 0 Å². The first-order valence-corrected chi connectivity index (χ1v) is 4.47. The van der Waals surface area contributed by atoms with Gasteiger partial charge in [0.15, 0.2) is 5.58 Å². The third kappa shape index (κ3) is 1.22. The Morgan fingerprint density at radius 2 is 2.21 bits per heavy atom. The van der Waals surface area contributed by atoms with Crippen molar-refractivity contribution in [2.75, 3.05) is 7.05 Å². The van der Waals surface area contributed by atoms with Gasteiger partial charge in [0.2, 0.25) is 0 Å².